The summed E-state index contributed by atoms with van der Waals surface area (Å²) < 4.78 is 0. The second-order valence-electron chi connectivity index (χ2n) is 3.40. The van der Waals surface area contributed by atoms with Crippen LogP contribution in [0.3, 0.4) is 0 Å². The highest BCUT2D eigenvalue weighted by atomic mass is 32.2. The highest BCUT2D eigenvalue weighted by Gasteiger charge is 2.58. The molecule has 0 unspecified atom stereocenters. The van der Waals surface area contributed by atoms with Crippen molar-refractivity contribution in [3.8, 4) is 0 Å². The van der Waals surface area contributed by atoms with E-state index in [1.54, 1.807) is 19.3 Å². The molecule has 0 aromatic heterocycles. The molecule has 8 heavy (non-hydrogen) atoms. The molecule has 0 N–H and O–H groups in total. The van der Waals surface area contributed by atoms with Crippen molar-refractivity contribution in [2.45, 2.75) is 29.8 Å². The summed E-state index contributed by atoms with van der Waals surface area (Å²) in [6.45, 7) is 0. The van der Waals surface area contributed by atoms with E-state index in [1.807, 2.05) is 0 Å². The zero-order valence-corrected chi connectivity index (χ0v) is 5.66. The average Bonchev–Trinajstić information content (AvgIpc) is 2.39. The molecule has 2 aliphatic carbocycles. The van der Waals surface area contributed by atoms with Gasteiger partial charge in [0.1, 0.15) is 0 Å². The predicted octanol–water partition coefficient (Wildman–Crippen LogP) is 1.90. The molecular formula is C7H10S. The van der Waals surface area contributed by atoms with E-state index in [-0.39, 0.29) is 0 Å². The van der Waals surface area contributed by atoms with Crippen LogP contribution in [0.5, 0.6) is 0 Å². The fraction of sp³-hybridized carbons (Fsp3) is 1.00. The molecule has 44 valence electrons. The Hall–Kier alpha value is 0.350. The lowest BCUT2D eigenvalue weighted by Crippen LogP contribution is -2.04. The van der Waals surface area contributed by atoms with Crippen LogP contribution in [-0.4, -0.2) is 10.5 Å². The Balaban J connectivity index is 2.02. The fourth-order valence-corrected chi connectivity index (χ4v) is 4.20. The van der Waals surface area contributed by atoms with Gasteiger partial charge in [-0.15, -0.1) is 0 Å². The Morgan fingerprint density at radius 2 is 1.62 bits per heavy atom. The van der Waals surface area contributed by atoms with Crippen molar-refractivity contribution in [3.05, 3.63) is 0 Å². The number of thioether (sulfide) groups is 1. The third kappa shape index (κ3) is 0.333. The second kappa shape index (κ2) is 1.11. The van der Waals surface area contributed by atoms with Crippen molar-refractivity contribution in [2.75, 3.05) is 0 Å². The zero-order valence-electron chi connectivity index (χ0n) is 4.84. The van der Waals surface area contributed by atoms with Crippen LogP contribution < -0.4 is 0 Å². The molecule has 3 aliphatic rings. The van der Waals surface area contributed by atoms with E-state index in [4.69, 9.17) is 0 Å². The summed E-state index contributed by atoms with van der Waals surface area (Å²) in [5.41, 5.74) is 0. The zero-order chi connectivity index (χ0) is 5.14. The van der Waals surface area contributed by atoms with Crippen molar-refractivity contribution in [2.24, 2.45) is 11.8 Å². The van der Waals surface area contributed by atoms with E-state index < -0.39 is 0 Å². The van der Waals surface area contributed by atoms with Crippen LogP contribution in [0.4, 0.5) is 0 Å². The summed E-state index contributed by atoms with van der Waals surface area (Å²) in [4.78, 5) is 0. The van der Waals surface area contributed by atoms with Gasteiger partial charge in [-0.3, -0.25) is 0 Å². The quantitative estimate of drug-likeness (QED) is 0.447. The molecule has 0 aromatic carbocycles. The molecule has 3 rings (SSSR count). The summed E-state index contributed by atoms with van der Waals surface area (Å²) in [7, 11) is 0. The van der Waals surface area contributed by atoms with Crippen LogP contribution in [-0.2, 0) is 0 Å². The maximum atomic E-state index is 2.26. The lowest BCUT2D eigenvalue weighted by molar-refractivity contribution is 0.546. The lowest BCUT2D eigenvalue weighted by Gasteiger charge is -2.02. The molecular weight excluding hydrogens is 116 g/mol. The molecule has 4 atom stereocenters. The van der Waals surface area contributed by atoms with Gasteiger partial charge >= 0.3 is 0 Å². The van der Waals surface area contributed by atoms with E-state index in [1.165, 1.54) is 11.8 Å². The number of hydrogen-bond acceptors (Lipinski definition) is 1. The number of rotatable bonds is 0. The van der Waals surface area contributed by atoms with Crippen LogP contribution in [0.15, 0.2) is 0 Å². The molecule has 0 aromatic rings. The SMILES string of the molecule is C1C[C@@H]2C[C@H]1[C@H]1S[C@@H]21. The van der Waals surface area contributed by atoms with Crippen molar-refractivity contribution < 1.29 is 0 Å². The summed E-state index contributed by atoms with van der Waals surface area (Å²) >= 11 is 2.26. The summed E-state index contributed by atoms with van der Waals surface area (Å²) in [6.07, 6.45) is 4.74. The standard InChI is InChI=1S/C7H10S/c1-2-5-3-4(1)6-7(5)8-6/h4-7H,1-3H2/t4-,5+,6+,7-. The topological polar surface area (TPSA) is 0 Å². The van der Waals surface area contributed by atoms with Crippen LogP contribution in [0.2, 0.25) is 0 Å². The molecule has 0 radical (unpaired) electrons. The molecule has 3 fully saturated rings. The molecule has 0 nitrogen and oxygen atoms in total. The minimum Gasteiger partial charge on any atom is -0.152 e. The van der Waals surface area contributed by atoms with E-state index in [9.17, 15) is 0 Å². The minimum absolute atomic E-state index is 1.16. The van der Waals surface area contributed by atoms with Gasteiger partial charge in [-0.05, 0) is 31.1 Å². The van der Waals surface area contributed by atoms with Crippen LogP contribution >= 0.6 is 11.8 Å². The first-order valence-corrected chi connectivity index (χ1v) is 4.55. The molecule has 1 saturated heterocycles. The Kier molecular flexibility index (Phi) is 0.584. The fourth-order valence-electron chi connectivity index (χ4n) is 2.54. The van der Waals surface area contributed by atoms with Crippen LogP contribution in [0.1, 0.15) is 19.3 Å². The molecule has 1 heterocycles. The van der Waals surface area contributed by atoms with Gasteiger partial charge in [-0.2, -0.15) is 11.8 Å². The Morgan fingerprint density at radius 1 is 1.00 bits per heavy atom. The Labute approximate surface area is 54.0 Å². The van der Waals surface area contributed by atoms with Gasteiger partial charge in [0.15, 0.2) is 0 Å². The first-order chi connectivity index (χ1) is 3.95. The average molecular weight is 126 g/mol. The van der Waals surface area contributed by atoms with Crippen molar-refractivity contribution in [1.29, 1.82) is 0 Å². The van der Waals surface area contributed by atoms with Gasteiger partial charge < -0.3 is 0 Å². The van der Waals surface area contributed by atoms with E-state index in [0.717, 1.165) is 10.5 Å². The largest absolute Gasteiger partial charge is 0.152 e. The maximum absolute atomic E-state index is 2.26. The number of hydrogen-bond donors (Lipinski definition) is 0. The molecule has 0 spiro atoms. The second-order valence-corrected chi connectivity index (χ2v) is 4.76. The molecule has 1 aliphatic heterocycles. The van der Waals surface area contributed by atoms with E-state index in [0.29, 0.717) is 0 Å². The molecule has 0 amide bonds. The van der Waals surface area contributed by atoms with Gasteiger partial charge in [-0.25, -0.2) is 0 Å². The van der Waals surface area contributed by atoms with Crippen LogP contribution in [0.25, 0.3) is 0 Å². The summed E-state index contributed by atoms with van der Waals surface area (Å²) in [5.74, 6) is 2.35. The number of fused-ring (bicyclic) bond motifs is 5. The normalized spacial score (nSPS) is 66.0. The molecule has 2 bridgehead atoms. The lowest BCUT2D eigenvalue weighted by atomic mass is 10.0. The van der Waals surface area contributed by atoms with Gasteiger partial charge in [0.25, 0.3) is 0 Å². The Bertz CT molecular complexity index is 118. The van der Waals surface area contributed by atoms with Crippen molar-refractivity contribution in [1.82, 2.24) is 0 Å². The smallest absolute Gasteiger partial charge is 0.0200 e. The van der Waals surface area contributed by atoms with Crippen molar-refractivity contribution in [3.63, 3.8) is 0 Å². The highest BCUT2D eigenvalue weighted by molar-refractivity contribution is 8.07. The van der Waals surface area contributed by atoms with Gasteiger partial charge in [0, 0.05) is 10.5 Å². The van der Waals surface area contributed by atoms with Crippen molar-refractivity contribution >= 4 is 11.8 Å². The molecule has 2 saturated carbocycles. The van der Waals surface area contributed by atoms with Gasteiger partial charge in [0.2, 0.25) is 0 Å². The minimum atomic E-state index is 1.16. The molecule has 1 heteroatoms. The monoisotopic (exact) mass is 126 g/mol. The third-order valence-electron chi connectivity index (χ3n) is 3.00. The predicted molar refractivity (Wildman–Crippen MR) is 36.0 cm³/mol. The van der Waals surface area contributed by atoms with Crippen LogP contribution in [0, 0.1) is 11.8 Å². The van der Waals surface area contributed by atoms with Gasteiger partial charge in [0.05, 0.1) is 0 Å². The highest BCUT2D eigenvalue weighted by Crippen LogP contribution is 2.65. The van der Waals surface area contributed by atoms with E-state index in [2.05, 4.69) is 11.8 Å². The summed E-state index contributed by atoms with van der Waals surface area (Å²) in [6, 6.07) is 0. The first-order valence-electron chi connectivity index (χ1n) is 3.60. The first kappa shape index (κ1) is 4.21. The Morgan fingerprint density at radius 3 is 2.00 bits per heavy atom. The summed E-state index contributed by atoms with van der Waals surface area (Å²) in [5, 5.41) is 2.32. The van der Waals surface area contributed by atoms with E-state index >= 15 is 0 Å². The maximum Gasteiger partial charge on any atom is 0.0200 e. The third-order valence-corrected chi connectivity index (χ3v) is 4.67. The van der Waals surface area contributed by atoms with Gasteiger partial charge in [-0.1, -0.05) is 0 Å².